The summed E-state index contributed by atoms with van der Waals surface area (Å²) in [6.45, 7) is 0.632. The summed E-state index contributed by atoms with van der Waals surface area (Å²) in [5, 5.41) is 1.11. The molecule has 1 aliphatic heterocycles. The molecule has 3 aromatic rings. The Labute approximate surface area is 129 Å². The lowest BCUT2D eigenvalue weighted by molar-refractivity contribution is 0.317. The quantitative estimate of drug-likeness (QED) is 0.737. The van der Waals surface area contributed by atoms with Crippen LogP contribution in [0.2, 0.25) is 0 Å². The molecular formula is C19H16N2O. The second-order valence-corrected chi connectivity index (χ2v) is 5.47. The Hall–Kier alpha value is -2.68. The number of hydrogen-bond acceptors (Lipinski definition) is 3. The van der Waals surface area contributed by atoms with Gasteiger partial charge in [-0.2, -0.15) is 0 Å². The highest BCUT2D eigenvalue weighted by atomic mass is 16.5. The van der Waals surface area contributed by atoms with Crippen LogP contribution in [0.5, 0.6) is 0 Å². The number of aliphatic imine (C=N–C) groups is 1. The average molecular weight is 288 g/mol. The molecule has 0 amide bonds. The van der Waals surface area contributed by atoms with Crippen LogP contribution in [-0.2, 0) is 11.2 Å². The Morgan fingerprint density at radius 2 is 1.82 bits per heavy atom. The predicted molar refractivity (Wildman–Crippen MR) is 88.2 cm³/mol. The first-order valence-corrected chi connectivity index (χ1v) is 7.49. The molecule has 3 nitrogen and oxygen atoms in total. The molecule has 0 unspecified atom stereocenters. The second-order valence-electron chi connectivity index (χ2n) is 5.47. The predicted octanol–water partition coefficient (Wildman–Crippen LogP) is 3.62. The Kier molecular flexibility index (Phi) is 3.31. The molecule has 4 rings (SSSR count). The van der Waals surface area contributed by atoms with Crippen LogP contribution >= 0.6 is 0 Å². The van der Waals surface area contributed by atoms with Crippen LogP contribution in [0.3, 0.4) is 0 Å². The molecule has 0 spiro atoms. The number of ether oxygens (including phenoxy) is 1. The topological polar surface area (TPSA) is 34.5 Å². The number of aromatic nitrogens is 1. The van der Waals surface area contributed by atoms with Gasteiger partial charge in [0.15, 0.2) is 0 Å². The van der Waals surface area contributed by atoms with Crippen LogP contribution in [0, 0.1) is 0 Å². The van der Waals surface area contributed by atoms with E-state index in [1.54, 1.807) is 0 Å². The van der Waals surface area contributed by atoms with Crippen LogP contribution in [0.1, 0.15) is 11.1 Å². The summed E-state index contributed by atoms with van der Waals surface area (Å²) < 4.78 is 5.84. The molecule has 2 heterocycles. The molecule has 0 bridgehead atoms. The fourth-order valence-electron chi connectivity index (χ4n) is 2.83. The van der Waals surface area contributed by atoms with Gasteiger partial charge in [-0.3, -0.25) is 4.98 Å². The van der Waals surface area contributed by atoms with Crippen molar-refractivity contribution in [3.8, 4) is 0 Å². The highest BCUT2D eigenvalue weighted by Crippen LogP contribution is 2.21. The van der Waals surface area contributed by atoms with E-state index in [0.29, 0.717) is 12.5 Å². The second kappa shape index (κ2) is 5.60. The first-order valence-electron chi connectivity index (χ1n) is 7.49. The summed E-state index contributed by atoms with van der Waals surface area (Å²) in [7, 11) is 0. The third-order valence-corrected chi connectivity index (χ3v) is 3.89. The molecule has 0 fully saturated rings. The Morgan fingerprint density at radius 1 is 0.955 bits per heavy atom. The fraction of sp³-hybridized carbons (Fsp3) is 0.158. The molecule has 1 atom stereocenters. The van der Waals surface area contributed by atoms with E-state index < -0.39 is 0 Å². The zero-order valence-electron chi connectivity index (χ0n) is 12.1. The molecular weight excluding hydrogens is 272 g/mol. The molecule has 2 aromatic carbocycles. The standard InChI is InChI=1S/C19H16N2O/c1-2-6-14(7-3-1)12-16-13-22-19(21-16)17-10-4-8-15-9-5-11-20-18(15)17/h1-11,16H,12-13H2/t16-/m1/s1. The van der Waals surface area contributed by atoms with E-state index in [1.165, 1.54) is 5.56 Å². The van der Waals surface area contributed by atoms with Crippen molar-refractivity contribution in [2.45, 2.75) is 12.5 Å². The number of para-hydroxylation sites is 1. The molecule has 0 saturated heterocycles. The molecule has 1 aromatic heterocycles. The van der Waals surface area contributed by atoms with Gasteiger partial charge in [0.2, 0.25) is 5.90 Å². The third-order valence-electron chi connectivity index (χ3n) is 3.89. The normalized spacial score (nSPS) is 17.3. The van der Waals surface area contributed by atoms with Gasteiger partial charge in [-0.25, -0.2) is 4.99 Å². The van der Waals surface area contributed by atoms with E-state index in [2.05, 4.69) is 41.4 Å². The van der Waals surface area contributed by atoms with Crippen LogP contribution in [0.25, 0.3) is 10.9 Å². The molecule has 0 N–H and O–H groups in total. The molecule has 22 heavy (non-hydrogen) atoms. The minimum absolute atomic E-state index is 0.177. The zero-order valence-corrected chi connectivity index (χ0v) is 12.1. The van der Waals surface area contributed by atoms with Gasteiger partial charge in [-0.15, -0.1) is 0 Å². The van der Waals surface area contributed by atoms with Crippen molar-refractivity contribution in [3.05, 3.63) is 78.0 Å². The highest BCUT2D eigenvalue weighted by Gasteiger charge is 2.22. The largest absolute Gasteiger partial charge is 0.475 e. The van der Waals surface area contributed by atoms with Gasteiger partial charge < -0.3 is 4.74 Å². The SMILES string of the molecule is c1ccc(C[C@@H]2COC(c3cccc4cccnc34)=N2)cc1. The highest BCUT2D eigenvalue weighted by molar-refractivity contribution is 6.05. The van der Waals surface area contributed by atoms with Gasteiger partial charge in [-0.1, -0.05) is 48.5 Å². The van der Waals surface area contributed by atoms with Crippen molar-refractivity contribution >= 4 is 16.8 Å². The number of hydrogen-bond donors (Lipinski definition) is 0. The lowest BCUT2D eigenvalue weighted by Crippen LogP contribution is -2.09. The van der Waals surface area contributed by atoms with E-state index in [9.17, 15) is 0 Å². The third kappa shape index (κ3) is 2.46. The number of nitrogens with zero attached hydrogens (tertiary/aromatic N) is 2. The summed E-state index contributed by atoms with van der Waals surface area (Å²) in [4.78, 5) is 9.23. The van der Waals surface area contributed by atoms with E-state index in [1.807, 2.05) is 30.5 Å². The Bertz CT molecular complexity index is 822. The van der Waals surface area contributed by atoms with Crippen LogP contribution in [-0.4, -0.2) is 23.5 Å². The van der Waals surface area contributed by atoms with E-state index in [0.717, 1.165) is 22.9 Å². The first-order chi connectivity index (χ1) is 10.9. The van der Waals surface area contributed by atoms with Crippen molar-refractivity contribution < 1.29 is 4.74 Å². The fourth-order valence-corrected chi connectivity index (χ4v) is 2.83. The van der Waals surface area contributed by atoms with Crippen molar-refractivity contribution in [2.24, 2.45) is 4.99 Å². The number of rotatable bonds is 3. The molecule has 108 valence electrons. The van der Waals surface area contributed by atoms with Gasteiger partial charge in [0.1, 0.15) is 6.61 Å². The van der Waals surface area contributed by atoms with Gasteiger partial charge in [0, 0.05) is 11.6 Å². The van der Waals surface area contributed by atoms with Gasteiger partial charge >= 0.3 is 0 Å². The molecule has 1 aliphatic rings. The molecule has 0 saturated carbocycles. The molecule has 3 heteroatoms. The Morgan fingerprint density at radius 3 is 2.73 bits per heavy atom. The maximum Gasteiger partial charge on any atom is 0.218 e. The molecule has 0 aliphatic carbocycles. The monoisotopic (exact) mass is 288 g/mol. The average Bonchev–Trinajstić information content (AvgIpc) is 3.03. The lowest BCUT2D eigenvalue weighted by atomic mass is 10.1. The van der Waals surface area contributed by atoms with Gasteiger partial charge in [-0.05, 0) is 24.1 Å². The van der Waals surface area contributed by atoms with Gasteiger partial charge in [0.25, 0.3) is 0 Å². The van der Waals surface area contributed by atoms with Crippen molar-refractivity contribution in [1.29, 1.82) is 0 Å². The number of fused-ring (bicyclic) bond motifs is 1. The Balaban J connectivity index is 1.64. The number of benzene rings is 2. The smallest absolute Gasteiger partial charge is 0.218 e. The maximum atomic E-state index is 5.84. The maximum absolute atomic E-state index is 5.84. The molecule has 0 radical (unpaired) electrons. The summed E-state index contributed by atoms with van der Waals surface area (Å²) in [6, 6.07) is 20.7. The van der Waals surface area contributed by atoms with Crippen LogP contribution in [0.4, 0.5) is 0 Å². The summed E-state index contributed by atoms with van der Waals surface area (Å²) in [5.74, 6) is 0.713. The summed E-state index contributed by atoms with van der Waals surface area (Å²) >= 11 is 0. The van der Waals surface area contributed by atoms with Crippen molar-refractivity contribution in [2.75, 3.05) is 6.61 Å². The van der Waals surface area contributed by atoms with Crippen molar-refractivity contribution in [1.82, 2.24) is 4.98 Å². The summed E-state index contributed by atoms with van der Waals surface area (Å²) in [5.41, 5.74) is 3.22. The van der Waals surface area contributed by atoms with Crippen LogP contribution < -0.4 is 0 Å². The zero-order chi connectivity index (χ0) is 14.8. The van der Waals surface area contributed by atoms with E-state index in [-0.39, 0.29) is 6.04 Å². The van der Waals surface area contributed by atoms with E-state index >= 15 is 0 Å². The lowest BCUT2D eigenvalue weighted by Gasteiger charge is -2.04. The van der Waals surface area contributed by atoms with Gasteiger partial charge in [0.05, 0.1) is 17.1 Å². The minimum Gasteiger partial charge on any atom is -0.475 e. The van der Waals surface area contributed by atoms with Crippen LogP contribution in [0.15, 0.2) is 71.9 Å². The first kappa shape index (κ1) is 13.0. The van der Waals surface area contributed by atoms with Crippen molar-refractivity contribution in [3.63, 3.8) is 0 Å². The number of pyridine rings is 1. The van der Waals surface area contributed by atoms with E-state index in [4.69, 9.17) is 9.73 Å². The minimum atomic E-state index is 0.177. The summed E-state index contributed by atoms with van der Waals surface area (Å²) in [6.07, 6.45) is 2.71.